The molecule has 0 atom stereocenters. The molecular weight excluding hydrogens is 246 g/mol. The Labute approximate surface area is 121 Å². The molecule has 1 aromatic carbocycles. The van der Waals surface area contributed by atoms with E-state index in [0.717, 1.165) is 18.7 Å². The Morgan fingerprint density at radius 3 is 2.85 bits per heavy atom. The summed E-state index contributed by atoms with van der Waals surface area (Å²) >= 11 is 0. The van der Waals surface area contributed by atoms with Crippen LogP contribution in [0.25, 0.3) is 11.3 Å². The van der Waals surface area contributed by atoms with E-state index < -0.39 is 0 Å². The molecule has 3 heteroatoms. The zero-order chi connectivity index (χ0) is 14.1. The molecule has 0 unspecified atom stereocenters. The van der Waals surface area contributed by atoms with Gasteiger partial charge in [0.05, 0.1) is 5.69 Å². The highest BCUT2D eigenvalue weighted by molar-refractivity contribution is 5.65. The van der Waals surface area contributed by atoms with Crippen molar-refractivity contribution in [2.24, 2.45) is 7.05 Å². The summed E-state index contributed by atoms with van der Waals surface area (Å²) in [4.78, 5) is 0. The predicted molar refractivity (Wildman–Crippen MR) is 83.0 cm³/mol. The van der Waals surface area contributed by atoms with Crippen LogP contribution in [0.15, 0.2) is 18.2 Å². The first kappa shape index (κ1) is 13.4. The topological polar surface area (TPSA) is 29.9 Å². The number of likely N-dealkylation sites (N-methyl/N-ethyl adjacent to an activating group) is 1. The van der Waals surface area contributed by atoms with E-state index >= 15 is 0 Å². The van der Waals surface area contributed by atoms with Crippen LogP contribution in [-0.2, 0) is 26.3 Å². The predicted octanol–water partition coefficient (Wildman–Crippen LogP) is 2.65. The van der Waals surface area contributed by atoms with Crippen molar-refractivity contribution in [2.75, 3.05) is 13.6 Å². The smallest absolute Gasteiger partial charge is 0.0955 e. The lowest BCUT2D eigenvalue weighted by molar-refractivity contribution is 0.680. The minimum absolute atomic E-state index is 0.990. The average molecular weight is 269 g/mol. The number of hydrogen-bond acceptors (Lipinski definition) is 2. The normalized spacial score (nSPS) is 13.8. The Kier molecular flexibility index (Phi) is 3.62. The summed E-state index contributed by atoms with van der Waals surface area (Å²) in [6.45, 7) is 3.19. The van der Waals surface area contributed by atoms with Crippen LogP contribution in [0.5, 0.6) is 0 Å². The molecule has 1 aliphatic carbocycles. The molecule has 0 saturated heterocycles. The van der Waals surface area contributed by atoms with Gasteiger partial charge >= 0.3 is 0 Å². The lowest BCUT2D eigenvalue weighted by Gasteiger charge is -2.04. The van der Waals surface area contributed by atoms with E-state index in [1.807, 2.05) is 11.7 Å². The molecule has 3 rings (SSSR count). The van der Waals surface area contributed by atoms with E-state index in [0.29, 0.717) is 0 Å². The van der Waals surface area contributed by atoms with Gasteiger partial charge in [-0.3, -0.25) is 4.68 Å². The number of benzene rings is 1. The molecule has 1 aromatic heterocycles. The standard InChI is InChI=1S/C17H23N3/c1-12-16(9-10-18-2)20(3)19-17(12)15-8-7-13-5-4-6-14(13)11-15/h7-8,11,18H,4-6,9-10H2,1-3H3. The number of nitrogens with one attached hydrogen (secondary N) is 1. The Balaban J connectivity index is 1.98. The van der Waals surface area contributed by atoms with Crippen molar-refractivity contribution in [3.8, 4) is 11.3 Å². The van der Waals surface area contributed by atoms with Crippen LogP contribution in [0.3, 0.4) is 0 Å². The van der Waals surface area contributed by atoms with Gasteiger partial charge in [-0.25, -0.2) is 0 Å². The molecule has 3 nitrogen and oxygen atoms in total. The van der Waals surface area contributed by atoms with Gasteiger partial charge < -0.3 is 5.32 Å². The third-order valence-corrected chi connectivity index (χ3v) is 4.41. The number of aryl methyl sites for hydroxylation is 3. The summed E-state index contributed by atoms with van der Waals surface area (Å²) in [5.41, 5.74) is 8.11. The molecule has 0 amide bonds. The quantitative estimate of drug-likeness (QED) is 0.924. The Morgan fingerprint density at radius 2 is 2.05 bits per heavy atom. The van der Waals surface area contributed by atoms with Crippen LogP contribution >= 0.6 is 0 Å². The lowest BCUT2D eigenvalue weighted by Crippen LogP contribution is -2.13. The van der Waals surface area contributed by atoms with Gasteiger partial charge in [-0.15, -0.1) is 0 Å². The summed E-state index contributed by atoms with van der Waals surface area (Å²) in [6, 6.07) is 6.87. The highest BCUT2D eigenvalue weighted by atomic mass is 15.3. The van der Waals surface area contributed by atoms with Crippen molar-refractivity contribution in [3.05, 3.63) is 40.6 Å². The van der Waals surface area contributed by atoms with Crippen LogP contribution in [0.1, 0.15) is 28.8 Å². The number of hydrogen-bond donors (Lipinski definition) is 1. The van der Waals surface area contributed by atoms with Crippen molar-refractivity contribution in [2.45, 2.75) is 32.6 Å². The van der Waals surface area contributed by atoms with Crippen molar-refractivity contribution < 1.29 is 0 Å². The molecular formula is C17H23N3. The Morgan fingerprint density at radius 1 is 1.25 bits per heavy atom. The third-order valence-electron chi connectivity index (χ3n) is 4.41. The molecule has 2 aromatic rings. The van der Waals surface area contributed by atoms with Crippen molar-refractivity contribution in [1.82, 2.24) is 15.1 Å². The monoisotopic (exact) mass is 269 g/mol. The van der Waals surface area contributed by atoms with Crippen LogP contribution in [-0.4, -0.2) is 23.4 Å². The molecule has 0 spiro atoms. The second-order valence-corrected chi connectivity index (χ2v) is 5.73. The number of aromatic nitrogens is 2. The molecule has 106 valence electrons. The van der Waals surface area contributed by atoms with Crippen LogP contribution in [0.4, 0.5) is 0 Å². The lowest BCUT2D eigenvalue weighted by atomic mass is 10.0. The largest absolute Gasteiger partial charge is 0.319 e. The maximum atomic E-state index is 4.75. The van der Waals surface area contributed by atoms with Crippen molar-refractivity contribution in [3.63, 3.8) is 0 Å². The van der Waals surface area contributed by atoms with Gasteiger partial charge in [-0.2, -0.15) is 5.10 Å². The Hall–Kier alpha value is -1.61. The third kappa shape index (κ3) is 2.27. The van der Waals surface area contributed by atoms with Gasteiger partial charge in [-0.1, -0.05) is 12.1 Å². The molecule has 20 heavy (non-hydrogen) atoms. The van der Waals surface area contributed by atoms with E-state index in [1.54, 1.807) is 0 Å². The van der Waals surface area contributed by atoms with Gasteiger partial charge in [0.25, 0.3) is 0 Å². The fourth-order valence-corrected chi connectivity index (χ4v) is 3.25. The number of fused-ring (bicyclic) bond motifs is 1. The minimum atomic E-state index is 0.990. The molecule has 1 heterocycles. The molecule has 0 aliphatic heterocycles. The van der Waals surface area contributed by atoms with E-state index in [-0.39, 0.29) is 0 Å². The van der Waals surface area contributed by atoms with Crippen LogP contribution in [0.2, 0.25) is 0 Å². The average Bonchev–Trinajstić information content (AvgIpc) is 3.01. The van der Waals surface area contributed by atoms with Crippen LogP contribution in [0, 0.1) is 6.92 Å². The fraction of sp³-hybridized carbons (Fsp3) is 0.471. The summed E-state index contributed by atoms with van der Waals surface area (Å²) in [5.74, 6) is 0. The van der Waals surface area contributed by atoms with E-state index in [9.17, 15) is 0 Å². The SMILES string of the molecule is CNCCc1c(C)c(-c2ccc3c(c2)CCC3)nn1C. The van der Waals surface area contributed by atoms with Gasteiger partial charge in [0.1, 0.15) is 0 Å². The zero-order valence-electron chi connectivity index (χ0n) is 12.7. The number of rotatable bonds is 4. The molecule has 1 N–H and O–H groups in total. The summed E-state index contributed by atoms with van der Waals surface area (Å²) in [7, 11) is 4.04. The van der Waals surface area contributed by atoms with E-state index in [1.165, 1.54) is 47.2 Å². The van der Waals surface area contributed by atoms with Gasteiger partial charge in [0, 0.05) is 31.3 Å². The van der Waals surface area contributed by atoms with E-state index in [4.69, 9.17) is 5.10 Å². The number of nitrogens with zero attached hydrogens (tertiary/aromatic N) is 2. The molecule has 1 aliphatic rings. The highest BCUT2D eigenvalue weighted by Crippen LogP contribution is 2.30. The maximum absolute atomic E-state index is 4.75. The van der Waals surface area contributed by atoms with Gasteiger partial charge in [0.15, 0.2) is 0 Å². The second-order valence-electron chi connectivity index (χ2n) is 5.73. The highest BCUT2D eigenvalue weighted by Gasteiger charge is 2.16. The summed E-state index contributed by atoms with van der Waals surface area (Å²) in [5, 5.41) is 7.96. The zero-order valence-corrected chi connectivity index (χ0v) is 12.7. The van der Waals surface area contributed by atoms with Crippen molar-refractivity contribution >= 4 is 0 Å². The molecule has 0 saturated carbocycles. The first-order chi connectivity index (χ1) is 9.70. The van der Waals surface area contributed by atoms with E-state index in [2.05, 4.69) is 37.5 Å². The van der Waals surface area contributed by atoms with Crippen molar-refractivity contribution in [1.29, 1.82) is 0 Å². The van der Waals surface area contributed by atoms with Gasteiger partial charge in [-0.05, 0) is 56.0 Å². The summed E-state index contributed by atoms with van der Waals surface area (Å²) in [6.07, 6.45) is 4.79. The van der Waals surface area contributed by atoms with Gasteiger partial charge in [0.2, 0.25) is 0 Å². The molecule has 0 fully saturated rings. The second kappa shape index (κ2) is 5.41. The fourth-order valence-electron chi connectivity index (χ4n) is 3.25. The first-order valence-electron chi connectivity index (χ1n) is 7.50. The molecule has 0 bridgehead atoms. The summed E-state index contributed by atoms with van der Waals surface area (Å²) < 4.78 is 2.04. The minimum Gasteiger partial charge on any atom is -0.319 e. The maximum Gasteiger partial charge on any atom is 0.0955 e. The van der Waals surface area contributed by atoms with Crippen LogP contribution < -0.4 is 5.32 Å². The molecule has 0 radical (unpaired) electrons. The first-order valence-corrected chi connectivity index (χ1v) is 7.50. The Bertz CT molecular complexity index is 625.